The normalized spacial score (nSPS) is 12.1. The van der Waals surface area contributed by atoms with E-state index in [2.05, 4.69) is 19.1 Å². The Hall–Kier alpha value is 0.170. The zero-order valence-electron chi connectivity index (χ0n) is 18.1. The summed E-state index contributed by atoms with van der Waals surface area (Å²) < 4.78 is 4.92. The van der Waals surface area contributed by atoms with Crippen LogP contribution in [0.2, 0.25) is 0 Å². The Balaban J connectivity index is -0.00000264. The van der Waals surface area contributed by atoms with Gasteiger partial charge in [0.2, 0.25) is 0 Å². The van der Waals surface area contributed by atoms with Gasteiger partial charge in [-0.2, -0.15) is 0 Å². The number of esters is 1. The fourth-order valence-electron chi connectivity index (χ4n) is 2.64. The molecule has 3 nitrogen and oxygen atoms in total. The van der Waals surface area contributed by atoms with Crippen molar-refractivity contribution in [1.82, 2.24) is 0 Å². The first-order valence-corrected chi connectivity index (χ1v) is 10.2. The number of carbonyl (C=O) groups is 1. The summed E-state index contributed by atoms with van der Waals surface area (Å²) in [6.07, 6.45) is 21.5. The van der Waals surface area contributed by atoms with Gasteiger partial charge in [0.1, 0.15) is 6.10 Å². The minimum atomic E-state index is -1.00. The van der Waals surface area contributed by atoms with Crippen LogP contribution < -0.4 is 29.6 Å². The third-order valence-electron chi connectivity index (χ3n) is 4.24. The van der Waals surface area contributed by atoms with Gasteiger partial charge in [0.25, 0.3) is 0 Å². The molecular weight excluding hydrogens is 323 g/mol. The zero-order valence-corrected chi connectivity index (χ0v) is 19.1. The molecule has 144 valence electrons. The summed E-state index contributed by atoms with van der Waals surface area (Å²) in [5.74, 6) is -0.511. The molecule has 0 saturated heterocycles. The molecule has 25 heavy (non-hydrogen) atoms. The zero-order chi connectivity index (χ0) is 17.9. The molecule has 0 aliphatic carbocycles. The average molecular weight is 365 g/mol. The molecule has 0 heterocycles. The molecule has 1 unspecified atom stereocenters. The van der Waals surface area contributed by atoms with Crippen LogP contribution in [0.4, 0.5) is 0 Å². The van der Waals surface area contributed by atoms with E-state index >= 15 is 0 Å². The third-order valence-corrected chi connectivity index (χ3v) is 4.24. The monoisotopic (exact) mass is 364 g/mol. The van der Waals surface area contributed by atoms with Crippen LogP contribution >= 0.6 is 0 Å². The second-order valence-corrected chi connectivity index (χ2v) is 6.78. The molecule has 0 bridgehead atoms. The Morgan fingerprint density at radius 2 is 1.32 bits per heavy atom. The van der Waals surface area contributed by atoms with Crippen molar-refractivity contribution >= 4 is 5.97 Å². The van der Waals surface area contributed by atoms with Gasteiger partial charge in [-0.05, 0) is 39.0 Å². The van der Waals surface area contributed by atoms with Gasteiger partial charge in [0.15, 0.2) is 0 Å². The molecular formula is C21H41NaO3. The van der Waals surface area contributed by atoms with E-state index in [1.165, 1.54) is 84.0 Å². The molecule has 0 fully saturated rings. The van der Waals surface area contributed by atoms with Gasteiger partial charge < -0.3 is 11.3 Å². The predicted octanol–water partition coefficient (Wildman–Crippen LogP) is 3.06. The summed E-state index contributed by atoms with van der Waals surface area (Å²) in [5, 5.41) is 8.98. The number of hydrogen-bond donors (Lipinski definition) is 1. The van der Waals surface area contributed by atoms with Crippen LogP contribution in [-0.4, -0.2) is 23.8 Å². The largest absolute Gasteiger partial charge is 1.00 e. The van der Waals surface area contributed by atoms with E-state index in [1.54, 1.807) is 0 Å². The summed E-state index contributed by atoms with van der Waals surface area (Å²) in [5.41, 5.74) is 0. The fourth-order valence-corrected chi connectivity index (χ4v) is 2.64. The maximum Gasteiger partial charge on any atom is 1.00 e. The predicted molar refractivity (Wildman–Crippen MR) is 103 cm³/mol. The third kappa shape index (κ3) is 22.1. The Bertz CT molecular complexity index is 310. The fraction of sp³-hybridized carbons (Fsp3) is 0.857. The minimum Gasteiger partial charge on any atom is -1.00 e. The Kier molecular flexibility index (Phi) is 24.3. The number of unbranched alkanes of at least 4 members (excludes halogenated alkanes) is 12. The standard InChI is InChI=1S/C21H40O3.Na.H/c1-3-4-5-6-7-8-9-10-11-12-13-14-15-16-17-18-19-24-21(23)20(2)22;;/h10-11,20,22H,3-9,12-19H2,1-2H3;;/q;+1;-1/b11-10-;;. The summed E-state index contributed by atoms with van der Waals surface area (Å²) in [6, 6.07) is 0. The summed E-state index contributed by atoms with van der Waals surface area (Å²) in [7, 11) is 0. The van der Waals surface area contributed by atoms with E-state index in [9.17, 15) is 4.79 Å². The topological polar surface area (TPSA) is 46.5 Å². The van der Waals surface area contributed by atoms with Crippen LogP contribution in [0.25, 0.3) is 0 Å². The van der Waals surface area contributed by atoms with Crippen molar-refractivity contribution in [2.75, 3.05) is 6.61 Å². The molecule has 1 N–H and O–H groups in total. The molecule has 1 atom stereocenters. The molecule has 0 saturated carbocycles. The van der Waals surface area contributed by atoms with Crippen LogP contribution in [-0.2, 0) is 9.53 Å². The molecule has 0 radical (unpaired) electrons. The number of ether oxygens (including phenoxy) is 1. The Labute approximate surface area is 179 Å². The minimum absolute atomic E-state index is 0. The van der Waals surface area contributed by atoms with Crippen molar-refractivity contribution in [3.05, 3.63) is 12.2 Å². The van der Waals surface area contributed by atoms with Crippen LogP contribution in [0.3, 0.4) is 0 Å². The first-order chi connectivity index (χ1) is 11.7. The summed E-state index contributed by atoms with van der Waals surface area (Å²) >= 11 is 0. The Morgan fingerprint density at radius 3 is 1.80 bits per heavy atom. The van der Waals surface area contributed by atoms with Crippen LogP contribution in [0.15, 0.2) is 12.2 Å². The molecule has 0 aromatic rings. The van der Waals surface area contributed by atoms with Gasteiger partial charge in [0.05, 0.1) is 6.61 Å². The van der Waals surface area contributed by atoms with E-state index in [0.717, 1.165) is 12.8 Å². The molecule has 0 amide bonds. The van der Waals surface area contributed by atoms with Gasteiger partial charge in [-0.3, -0.25) is 0 Å². The number of aliphatic hydroxyl groups excluding tert-OH is 1. The van der Waals surface area contributed by atoms with Crippen LogP contribution in [0, 0.1) is 0 Å². The van der Waals surface area contributed by atoms with Gasteiger partial charge in [0, 0.05) is 0 Å². The van der Waals surface area contributed by atoms with Crippen molar-refractivity contribution in [3.8, 4) is 0 Å². The smallest absolute Gasteiger partial charge is 1.00 e. The van der Waals surface area contributed by atoms with Crippen LogP contribution in [0.5, 0.6) is 0 Å². The van der Waals surface area contributed by atoms with Crippen molar-refractivity contribution in [2.24, 2.45) is 0 Å². The molecule has 0 aromatic heterocycles. The van der Waals surface area contributed by atoms with Crippen molar-refractivity contribution < 1.29 is 45.6 Å². The van der Waals surface area contributed by atoms with Crippen molar-refractivity contribution in [1.29, 1.82) is 0 Å². The van der Waals surface area contributed by atoms with Gasteiger partial charge in [-0.25, -0.2) is 4.79 Å². The van der Waals surface area contributed by atoms with E-state index in [1.807, 2.05) is 0 Å². The number of rotatable bonds is 17. The quantitative estimate of drug-likeness (QED) is 0.187. The summed E-state index contributed by atoms with van der Waals surface area (Å²) in [6.45, 7) is 4.13. The Morgan fingerprint density at radius 1 is 0.880 bits per heavy atom. The van der Waals surface area contributed by atoms with Crippen molar-refractivity contribution in [2.45, 2.75) is 110 Å². The second kappa shape index (κ2) is 22.2. The van der Waals surface area contributed by atoms with Crippen LogP contribution in [0.1, 0.15) is 105 Å². The van der Waals surface area contributed by atoms with Gasteiger partial charge in [-0.15, -0.1) is 0 Å². The van der Waals surface area contributed by atoms with Crippen molar-refractivity contribution in [3.63, 3.8) is 0 Å². The van der Waals surface area contributed by atoms with E-state index in [4.69, 9.17) is 9.84 Å². The second-order valence-electron chi connectivity index (χ2n) is 6.78. The molecule has 0 rings (SSSR count). The SMILES string of the molecule is CCCCCCCC/C=C\CCCCCCCCOC(=O)C(C)O.[H-].[Na+]. The first-order valence-electron chi connectivity index (χ1n) is 10.2. The van der Waals surface area contributed by atoms with Gasteiger partial charge in [-0.1, -0.05) is 76.9 Å². The maximum atomic E-state index is 11.0. The van der Waals surface area contributed by atoms with E-state index in [0.29, 0.717) is 6.61 Å². The molecule has 0 spiro atoms. The maximum absolute atomic E-state index is 11.0. The number of carbonyl (C=O) groups excluding carboxylic acids is 1. The molecule has 4 heteroatoms. The van der Waals surface area contributed by atoms with E-state index in [-0.39, 0.29) is 31.0 Å². The number of allylic oxidation sites excluding steroid dienone is 2. The molecule has 0 aliphatic heterocycles. The first kappa shape index (κ1) is 27.4. The number of hydrogen-bond acceptors (Lipinski definition) is 3. The van der Waals surface area contributed by atoms with E-state index < -0.39 is 12.1 Å². The summed E-state index contributed by atoms with van der Waals surface area (Å²) in [4.78, 5) is 11.0. The average Bonchev–Trinajstić information content (AvgIpc) is 2.57. The number of aliphatic hydroxyl groups is 1. The van der Waals surface area contributed by atoms with Gasteiger partial charge >= 0.3 is 35.5 Å². The molecule has 0 aliphatic rings. The molecule has 0 aromatic carbocycles.